The predicted octanol–water partition coefficient (Wildman–Crippen LogP) is 0.386. The van der Waals surface area contributed by atoms with E-state index >= 15 is 0 Å². The van der Waals surface area contributed by atoms with Gasteiger partial charge in [0.25, 0.3) is 0 Å². The molecule has 3 amide bonds. The summed E-state index contributed by atoms with van der Waals surface area (Å²) < 4.78 is 0. The molecule has 5 N–H and O–H groups in total. The van der Waals surface area contributed by atoms with Gasteiger partial charge in [-0.05, 0) is 25.3 Å². The summed E-state index contributed by atoms with van der Waals surface area (Å²) in [5, 5.41) is 16.1. The monoisotopic (exact) mass is 529 g/mol. The Morgan fingerprint density at radius 3 is 2.57 bits per heavy atom. The van der Waals surface area contributed by atoms with Gasteiger partial charge in [0.15, 0.2) is 0 Å². The number of fused-ring (bicyclic) bond motifs is 1. The fourth-order valence-corrected chi connectivity index (χ4v) is 7.03. The highest BCUT2D eigenvalue weighted by Gasteiger charge is 2.60. The molecule has 0 radical (unpaired) electrons. The number of benzene rings is 1. The Morgan fingerprint density at radius 1 is 1.27 bits per heavy atom. The minimum Gasteiger partial charge on any atom is -0.477 e. The smallest absolute Gasteiger partial charge is 0.353 e. The molecule has 37 heavy (non-hydrogen) atoms. The molecule has 7 atom stereocenters. The average molecular weight is 530 g/mol. The van der Waals surface area contributed by atoms with E-state index in [4.69, 9.17) is 5.73 Å². The first-order chi connectivity index (χ1) is 17.5. The zero-order chi connectivity index (χ0) is 27.0. The van der Waals surface area contributed by atoms with Crippen LogP contribution in [0, 0.1) is 11.8 Å². The first-order valence-electron chi connectivity index (χ1n) is 12.5. The minimum absolute atomic E-state index is 0.0101. The van der Waals surface area contributed by atoms with Crippen molar-refractivity contribution in [1.82, 2.24) is 20.4 Å². The van der Waals surface area contributed by atoms with Gasteiger partial charge in [-0.2, -0.15) is 0 Å². The van der Waals surface area contributed by atoms with Crippen LogP contribution in [0.2, 0.25) is 0 Å². The first-order valence-corrected chi connectivity index (χ1v) is 13.4. The van der Waals surface area contributed by atoms with E-state index in [0.717, 1.165) is 5.56 Å². The van der Waals surface area contributed by atoms with Crippen molar-refractivity contribution >= 4 is 35.5 Å². The van der Waals surface area contributed by atoms with Gasteiger partial charge in [-0.15, -0.1) is 11.8 Å². The maximum atomic E-state index is 13.2. The fraction of sp³-hybridized carbons (Fsp3) is 0.538. The molecule has 2 saturated heterocycles. The third-order valence-corrected chi connectivity index (χ3v) is 8.97. The van der Waals surface area contributed by atoms with Crippen LogP contribution in [0.4, 0.5) is 0 Å². The molecule has 3 heterocycles. The van der Waals surface area contributed by atoms with Crippen LogP contribution in [0.25, 0.3) is 0 Å². The standard InChI is InChI=1S/C26H35N5O5S/c1-13-20-19(14(2)29-23(32)17(27)10-15-8-6-5-7-9-15)25(34)31(20)21(26(35)36)22(13)37-16-11-18(28-12-16)24(33)30(3)4/h5-9,13-14,16-20,28H,10-12,27H2,1-4H3,(H,29,32)(H,35,36)/t13-,14-,16+,17+,18+,19-,20-/m1/s1. The highest BCUT2D eigenvalue weighted by molar-refractivity contribution is 8.03. The molecule has 0 spiro atoms. The van der Waals surface area contributed by atoms with Crippen LogP contribution in [-0.4, -0.2) is 88.7 Å². The number of hydrogen-bond acceptors (Lipinski definition) is 7. The lowest BCUT2D eigenvalue weighted by Crippen LogP contribution is -2.66. The fourth-order valence-electron chi connectivity index (χ4n) is 5.55. The summed E-state index contributed by atoms with van der Waals surface area (Å²) in [6, 6.07) is 7.55. The number of hydrogen-bond donors (Lipinski definition) is 4. The molecule has 4 rings (SSSR count). The number of carbonyl (C=O) groups excluding carboxylic acids is 3. The lowest BCUT2D eigenvalue weighted by Gasteiger charge is -2.47. The van der Waals surface area contributed by atoms with Gasteiger partial charge in [0.2, 0.25) is 17.7 Å². The minimum atomic E-state index is -1.14. The Kier molecular flexibility index (Phi) is 7.96. The number of β-lactam (4-membered cyclic amide) rings is 1. The Bertz CT molecular complexity index is 1110. The lowest BCUT2D eigenvalue weighted by atomic mass is 9.78. The Morgan fingerprint density at radius 2 is 1.95 bits per heavy atom. The van der Waals surface area contributed by atoms with Gasteiger partial charge in [-0.25, -0.2) is 4.79 Å². The van der Waals surface area contributed by atoms with Crippen LogP contribution in [-0.2, 0) is 25.6 Å². The van der Waals surface area contributed by atoms with Crippen LogP contribution >= 0.6 is 11.8 Å². The summed E-state index contributed by atoms with van der Waals surface area (Å²) in [6.45, 7) is 4.27. The number of nitrogens with zero attached hydrogens (tertiary/aromatic N) is 2. The van der Waals surface area contributed by atoms with Crippen LogP contribution in [0.3, 0.4) is 0 Å². The van der Waals surface area contributed by atoms with Gasteiger partial charge in [-0.1, -0.05) is 37.3 Å². The van der Waals surface area contributed by atoms with Crippen molar-refractivity contribution in [2.45, 2.75) is 56.1 Å². The van der Waals surface area contributed by atoms with Crippen LogP contribution < -0.4 is 16.4 Å². The molecule has 0 bridgehead atoms. The molecule has 1 aromatic carbocycles. The van der Waals surface area contributed by atoms with E-state index in [9.17, 15) is 24.3 Å². The average Bonchev–Trinajstić information content (AvgIpc) is 3.40. The van der Waals surface area contributed by atoms with E-state index in [1.165, 1.54) is 16.7 Å². The summed E-state index contributed by atoms with van der Waals surface area (Å²) in [7, 11) is 3.42. The number of carbonyl (C=O) groups is 4. The molecule has 3 aliphatic rings. The number of thioether (sulfide) groups is 1. The summed E-state index contributed by atoms with van der Waals surface area (Å²) in [4.78, 5) is 54.1. The molecule has 1 aromatic rings. The highest BCUT2D eigenvalue weighted by atomic mass is 32.2. The van der Waals surface area contributed by atoms with E-state index in [-0.39, 0.29) is 46.7 Å². The summed E-state index contributed by atoms with van der Waals surface area (Å²) in [5.41, 5.74) is 7.09. The highest BCUT2D eigenvalue weighted by Crippen LogP contribution is 2.51. The maximum Gasteiger partial charge on any atom is 0.353 e. The molecule has 200 valence electrons. The Balaban J connectivity index is 1.42. The molecule has 0 aromatic heterocycles. The van der Waals surface area contributed by atoms with Crippen molar-refractivity contribution in [1.29, 1.82) is 0 Å². The van der Waals surface area contributed by atoms with Gasteiger partial charge in [0, 0.05) is 42.8 Å². The normalized spacial score (nSPS) is 28.4. The molecule has 11 heteroatoms. The van der Waals surface area contributed by atoms with Crippen molar-refractivity contribution in [2.75, 3.05) is 20.6 Å². The molecule has 10 nitrogen and oxygen atoms in total. The molecule has 0 unspecified atom stereocenters. The van der Waals surface area contributed by atoms with Gasteiger partial charge >= 0.3 is 5.97 Å². The largest absolute Gasteiger partial charge is 0.477 e. The van der Waals surface area contributed by atoms with Crippen LogP contribution in [0.1, 0.15) is 25.8 Å². The molecule has 2 fully saturated rings. The third-order valence-electron chi connectivity index (χ3n) is 7.46. The lowest BCUT2D eigenvalue weighted by molar-refractivity contribution is -0.158. The van der Waals surface area contributed by atoms with Crippen LogP contribution in [0.5, 0.6) is 0 Å². The van der Waals surface area contributed by atoms with Gasteiger partial charge < -0.3 is 31.3 Å². The number of nitrogens with two attached hydrogens (primary N) is 1. The van der Waals surface area contributed by atoms with Gasteiger partial charge in [0.1, 0.15) is 5.70 Å². The zero-order valence-electron chi connectivity index (χ0n) is 21.5. The number of rotatable bonds is 9. The van der Waals surface area contributed by atoms with E-state index in [0.29, 0.717) is 24.3 Å². The number of nitrogens with one attached hydrogen (secondary N) is 2. The summed E-state index contributed by atoms with van der Waals surface area (Å²) >= 11 is 1.44. The van der Waals surface area contributed by atoms with Gasteiger partial charge in [-0.3, -0.25) is 14.4 Å². The zero-order valence-corrected chi connectivity index (χ0v) is 22.3. The third kappa shape index (κ3) is 5.25. The second-order valence-corrected chi connectivity index (χ2v) is 11.6. The first kappa shape index (κ1) is 27.2. The molecule has 0 aliphatic carbocycles. The molecular formula is C26H35N5O5S. The van der Waals surface area contributed by atoms with Crippen molar-refractivity contribution in [3.05, 3.63) is 46.5 Å². The molecule has 3 aliphatic heterocycles. The number of amides is 3. The predicted molar refractivity (Wildman–Crippen MR) is 140 cm³/mol. The maximum absolute atomic E-state index is 13.2. The molecular weight excluding hydrogens is 494 g/mol. The quantitative estimate of drug-likeness (QED) is 0.336. The van der Waals surface area contributed by atoms with Crippen molar-refractivity contribution in [3.63, 3.8) is 0 Å². The molecule has 0 saturated carbocycles. The topological polar surface area (TPSA) is 145 Å². The SMILES string of the molecule is C[C@@H](NC(=O)[C@@H](N)Cc1ccccc1)[C@H]1C(=O)N2C(C(=O)O)=C(S[C@@H]3CN[C@H](C(=O)N(C)C)C3)[C@H](C)[C@H]12. The Hall–Kier alpha value is -2.89. The number of carboxylic acids is 1. The van der Waals surface area contributed by atoms with Crippen molar-refractivity contribution in [3.8, 4) is 0 Å². The Labute approximate surface area is 221 Å². The number of carboxylic acid groups (broad SMARTS) is 1. The number of likely N-dealkylation sites (N-methyl/N-ethyl adjacent to an activating group) is 1. The number of aliphatic carboxylic acids is 1. The van der Waals surface area contributed by atoms with Gasteiger partial charge in [0.05, 0.1) is 24.0 Å². The van der Waals surface area contributed by atoms with E-state index < -0.39 is 24.0 Å². The second-order valence-electron chi connectivity index (χ2n) is 10.3. The van der Waals surface area contributed by atoms with Crippen LogP contribution in [0.15, 0.2) is 40.9 Å². The van der Waals surface area contributed by atoms with Crippen molar-refractivity contribution in [2.24, 2.45) is 17.6 Å². The summed E-state index contributed by atoms with van der Waals surface area (Å²) in [5.74, 6) is -2.55. The van der Waals surface area contributed by atoms with E-state index in [2.05, 4.69) is 10.6 Å². The van der Waals surface area contributed by atoms with E-state index in [1.54, 1.807) is 25.9 Å². The van der Waals surface area contributed by atoms with E-state index in [1.807, 2.05) is 37.3 Å². The van der Waals surface area contributed by atoms with Crippen molar-refractivity contribution < 1.29 is 24.3 Å². The summed E-state index contributed by atoms with van der Waals surface area (Å²) in [6.07, 6.45) is 0.959. The second kappa shape index (κ2) is 10.8.